The summed E-state index contributed by atoms with van der Waals surface area (Å²) < 4.78 is 21.2. The molecule has 0 bridgehead atoms. The van der Waals surface area contributed by atoms with Gasteiger partial charge in [0.1, 0.15) is 5.82 Å². The predicted molar refractivity (Wildman–Crippen MR) is 121 cm³/mol. The number of nitrogens with zero attached hydrogens (tertiary/aromatic N) is 2. The molecule has 1 aliphatic rings. The van der Waals surface area contributed by atoms with Crippen LogP contribution in [0.3, 0.4) is 0 Å². The summed E-state index contributed by atoms with van der Waals surface area (Å²) >= 11 is 0. The summed E-state index contributed by atoms with van der Waals surface area (Å²) in [4.78, 5) is 18.5. The second-order valence-electron chi connectivity index (χ2n) is 7.35. The van der Waals surface area contributed by atoms with E-state index in [-0.39, 0.29) is 5.75 Å². The Morgan fingerprint density at radius 2 is 2.00 bits per heavy atom. The summed E-state index contributed by atoms with van der Waals surface area (Å²) in [5.74, 6) is -0.104. The van der Waals surface area contributed by atoms with Crippen molar-refractivity contribution in [2.45, 2.75) is 24.8 Å². The van der Waals surface area contributed by atoms with Gasteiger partial charge in [0.15, 0.2) is 0 Å². The van der Waals surface area contributed by atoms with E-state index in [1.807, 2.05) is 47.4 Å². The maximum Gasteiger partial charge on any atom is 0.328 e. The van der Waals surface area contributed by atoms with Gasteiger partial charge in [0.2, 0.25) is 0 Å². The average Bonchev–Trinajstić information content (AvgIpc) is 2.87. The van der Waals surface area contributed by atoms with Gasteiger partial charge in [-0.15, -0.1) is 0 Å². The lowest BCUT2D eigenvalue weighted by Gasteiger charge is -2.32. The first-order chi connectivity index (χ1) is 14.4. The second kappa shape index (κ2) is 8.10. The van der Waals surface area contributed by atoms with Crippen molar-refractivity contribution in [1.29, 1.82) is 0 Å². The van der Waals surface area contributed by atoms with E-state index < -0.39 is 16.6 Å². The van der Waals surface area contributed by atoms with E-state index in [0.717, 1.165) is 40.1 Å². The van der Waals surface area contributed by atoms with Crippen LogP contribution in [0.5, 0.6) is 0 Å². The van der Waals surface area contributed by atoms with Crippen LogP contribution in [0.25, 0.3) is 17.0 Å². The van der Waals surface area contributed by atoms with E-state index in [9.17, 15) is 13.9 Å². The minimum Gasteiger partial charge on any atom is -0.478 e. The number of pyridine rings is 1. The largest absolute Gasteiger partial charge is 0.478 e. The molecule has 0 saturated heterocycles. The first-order valence-electron chi connectivity index (χ1n) is 9.81. The summed E-state index contributed by atoms with van der Waals surface area (Å²) in [6.07, 6.45) is 3.60. The Labute approximate surface area is 176 Å². The molecule has 1 aliphatic heterocycles. The molecule has 0 saturated carbocycles. The van der Waals surface area contributed by atoms with Gasteiger partial charge < -0.3 is 10.0 Å². The maximum absolute atomic E-state index is 11.1. The maximum atomic E-state index is 11.1. The highest BCUT2D eigenvalue weighted by molar-refractivity contribution is 8.24. The van der Waals surface area contributed by atoms with E-state index in [4.69, 9.17) is 10.1 Å². The van der Waals surface area contributed by atoms with Gasteiger partial charge >= 0.3 is 5.97 Å². The minimum absolute atomic E-state index is 0.221. The van der Waals surface area contributed by atoms with Crippen LogP contribution in [0, 0.1) is 0 Å². The molecule has 2 heterocycles. The highest BCUT2D eigenvalue weighted by Gasteiger charge is 2.26. The van der Waals surface area contributed by atoms with Gasteiger partial charge in [0.25, 0.3) is 0 Å². The number of hydrogen-bond acceptors (Lipinski definition) is 5. The number of rotatable bonds is 4. The molecule has 3 aromatic rings. The normalized spacial score (nSPS) is 17.0. The van der Waals surface area contributed by atoms with Crippen molar-refractivity contribution in [2.24, 2.45) is 0 Å². The van der Waals surface area contributed by atoms with E-state index in [0.29, 0.717) is 23.8 Å². The fourth-order valence-electron chi connectivity index (χ4n) is 3.75. The molecule has 2 aromatic carbocycles. The number of benzene rings is 2. The molecule has 3 N–H and O–H groups in total. The minimum atomic E-state index is -2.86. The van der Waals surface area contributed by atoms with Gasteiger partial charge in [0, 0.05) is 24.6 Å². The van der Waals surface area contributed by atoms with Gasteiger partial charge in [-0.3, -0.25) is 9.11 Å². The van der Waals surface area contributed by atoms with Crippen molar-refractivity contribution in [3.63, 3.8) is 0 Å². The Bertz CT molecular complexity index is 1140. The summed E-state index contributed by atoms with van der Waals surface area (Å²) in [7, 11) is -2.86. The molecule has 156 valence electrons. The monoisotopic (exact) mass is 424 g/mol. The summed E-state index contributed by atoms with van der Waals surface area (Å²) in [6.45, 7) is 3.01. The Morgan fingerprint density at radius 1 is 1.20 bits per heavy atom. The van der Waals surface area contributed by atoms with Gasteiger partial charge in [-0.1, -0.05) is 31.2 Å². The van der Waals surface area contributed by atoms with Crippen LogP contribution in [0.1, 0.15) is 23.6 Å². The molecule has 30 heavy (non-hydrogen) atoms. The fraction of sp³-hybridized carbons (Fsp3) is 0.217. The number of carboxylic acids is 1. The van der Waals surface area contributed by atoms with Crippen molar-refractivity contribution in [3.8, 4) is 0 Å². The van der Waals surface area contributed by atoms with E-state index in [1.54, 1.807) is 12.1 Å². The zero-order valence-electron chi connectivity index (χ0n) is 16.7. The van der Waals surface area contributed by atoms with Crippen molar-refractivity contribution < 1.29 is 19.0 Å². The quantitative estimate of drug-likeness (QED) is 0.509. The number of anilines is 1. The fourth-order valence-corrected chi connectivity index (χ4v) is 5.29. The molecule has 1 aromatic heterocycles. The van der Waals surface area contributed by atoms with Crippen LogP contribution in [-0.4, -0.2) is 37.5 Å². The van der Waals surface area contributed by atoms with Gasteiger partial charge in [-0.25, -0.2) is 9.78 Å². The Balaban J connectivity index is 1.82. The Hall–Kier alpha value is -2.87. The third-order valence-electron chi connectivity index (χ3n) is 5.36. The predicted octanol–water partition coefficient (Wildman–Crippen LogP) is 5.02. The number of aryl methyl sites for hydroxylation is 1. The van der Waals surface area contributed by atoms with Gasteiger partial charge in [-0.2, -0.15) is 10.6 Å². The molecule has 0 aliphatic carbocycles. The lowest BCUT2D eigenvalue weighted by molar-refractivity contribution is -0.131. The molecule has 7 heteroatoms. The zero-order valence-corrected chi connectivity index (χ0v) is 17.5. The lowest BCUT2D eigenvalue weighted by Crippen LogP contribution is -2.26. The molecule has 0 radical (unpaired) electrons. The van der Waals surface area contributed by atoms with Gasteiger partial charge in [0.05, 0.1) is 16.2 Å². The van der Waals surface area contributed by atoms with Crippen molar-refractivity contribution in [1.82, 2.24) is 4.98 Å². The highest BCUT2D eigenvalue weighted by atomic mass is 32.3. The van der Waals surface area contributed by atoms with E-state index in [2.05, 4.69) is 6.92 Å². The lowest BCUT2D eigenvalue weighted by atomic mass is 10.0. The van der Waals surface area contributed by atoms with Crippen LogP contribution >= 0.6 is 10.6 Å². The van der Waals surface area contributed by atoms with E-state index in [1.165, 1.54) is 0 Å². The van der Waals surface area contributed by atoms with Crippen molar-refractivity contribution in [2.75, 3.05) is 17.2 Å². The standard InChI is InChI=1S/C23H24N2O4S/c1-2-16-7-9-20-19(13-16)17(8-10-23(26)27)14-22(24-20)25-11-12-30(28,29)21-6-4-3-5-18(21)15-25/h3-10,13-14,28-29H,2,11-12,15H2,1H3,(H,26,27). The molecule has 0 spiro atoms. The van der Waals surface area contributed by atoms with Crippen LogP contribution in [-0.2, 0) is 17.8 Å². The van der Waals surface area contributed by atoms with E-state index >= 15 is 0 Å². The van der Waals surface area contributed by atoms with Gasteiger partial charge in [-0.05, 0) is 53.5 Å². The zero-order chi connectivity index (χ0) is 21.3. The van der Waals surface area contributed by atoms with Crippen LogP contribution < -0.4 is 4.90 Å². The molecule has 0 fully saturated rings. The summed E-state index contributed by atoms with van der Waals surface area (Å²) in [6, 6.07) is 15.3. The number of aliphatic carboxylic acids is 1. The first-order valence-corrected chi connectivity index (χ1v) is 11.5. The number of hydrogen-bond donors (Lipinski definition) is 3. The Kier molecular flexibility index (Phi) is 5.51. The molecular formula is C23H24N2O4S. The topological polar surface area (TPSA) is 93.9 Å². The molecule has 0 atom stereocenters. The highest BCUT2D eigenvalue weighted by Crippen LogP contribution is 2.51. The molecule has 0 amide bonds. The molecule has 0 unspecified atom stereocenters. The summed E-state index contributed by atoms with van der Waals surface area (Å²) in [5, 5.41) is 10.0. The SMILES string of the molecule is CCc1ccc2nc(N3CCS(O)(O)c4ccccc4C3)cc(C=CC(=O)O)c2c1. The second-order valence-corrected chi connectivity index (χ2v) is 9.53. The molecule has 6 nitrogen and oxygen atoms in total. The van der Waals surface area contributed by atoms with Crippen LogP contribution in [0.15, 0.2) is 59.5 Å². The average molecular weight is 425 g/mol. The van der Waals surface area contributed by atoms with Crippen LogP contribution in [0.4, 0.5) is 5.82 Å². The molecule has 4 rings (SSSR count). The number of carboxylic acid groups (broad SMARTS) is 1. The number of carbonyl (C=O) groups is 1. The van der Waals surface area contributed by atoms with Crippen LogP contribution in [0.2, 0.25) is 0 Å². The molecular weight excluding hydrogens is 400 g/mol. The smallest absolute Gasteiger partial charge is 0.328 e. The third-order valence-corrected chi connectivity index (χ3v) is 7.22. The number of fused-ring (bicyclic) bond motifs is 2. The third kappa shape index (κ3) is 4.05. The van der Waals surface area contributed by atoms with Crippen molar-refractivity contribution >= 4 is 39.4 Å². The Morgan fingerprint density at radius 3 is 2.77 bits per heavy atom. The first kappa shape index (κ1) is 20.4. The van der Waals surface area contributed by atoms with Crippen molar-refractivity contribution in [3.05, 3.63) is 71.3 Å². The summed E-state index contributed by atoms with van der Waals surface area (Å²) in [5.41, 5.74) is 3.57. The number of aromatic nitrogens is 1.